The number of carbonyl (C=O) groups excluding carboxylic acids is 1. The lowest BCUT2D eigenvalue weighted by molar-refractivity contribution is 0.112. The molecule has 1 heterocycles. The zero-order chi connectivity index (χ0) is 10.1. The maximum atomic E-state index is 10.6. The van der Waals surface area contributed by atoms with Gasteiger partial charge in [-0.3, -0.25) is 4.79 Å². The van der Waals surface area contributed by atoms with Crippen LogP contribution in [0.5, 0.6) is 0 Å². The highest BCUT2D eigenvalue weighted by Gasteiger charge is 2.03. The normalized spacial score (nSPS) is 10.4. The SMILES string of the molecule is O=Cc1cc2ccc(Br)cc2nc1Cl. The summed E-state index contributed by atoms with van der Waals surface area (Å²) in [7, 11) is 0. The highest BCUT2D eigenvalue weighted by Crippen LogP contribution is 2.22. The lowest BCUT2D eigenvalue weighted by Gasteiger charge is -2.00. The number of aldehydes is 1. The van der Waals surface area contributed by atoms with Gasteiger partial charge in [-0.2, -0.15) is 0 Å². The number of nitrogens with zero attached hydrogens (tertiary/aromatic N) is 1. The first-order valence-corrected chi connectivity index (χ1v) is 5.09. The Morgan fingerprint density at radius 2 is 2.14 bits per heavy atom. The zero-order valence-corrected chi connectivity index (χ0v) is 9.34. The van der Waals surface area contributed by atoms with E-state index < -0.39 is 0 Å². The summed E-state index contributed by atoms with van der Waals surface area (Å²) in [6.07, 6.45) is 0.705. The molecule has 0 saturated heterocycles. The second-order valence-electron chi connectivity index (χ2n) is 2.82. The van der Waals surface area contributed by atoms with Gasteiger partial charge >= 0.3 is 0 Å². The maximum absolute atomic E-state index is 10.6. The van der Waals surface area contributed by atoms with E-state index in [2.05, 4.69) is 20.9 Å². The first-order valence-electron chi connectivity index (χ1n) is 3.91. The van der Waals surface area contributed by atoms with E-state index in [4.69, 9.17) is 11.6 Å². The molecule has 1 aromatic heterocycles. The summed E-state index contributed by atoms with van der Waals surface area (Å²) < 4.78 is 0.937. The molecule has 0 atom stereocenters. The molecule has 2 rings (SSSR count). The third kappa shape index (κ3) is 1.65. The van der Waals surface area contributed by atoms with Gasteiger partial charge in [0.1, 0.15) is 5.15 Å². The molecule has 14 heavy (non-hydrogen) atoms. The van der Waals surface area contributed by atoms with Gasteiger partial charge in [0.05, 0.1) is 11.1 Å². The summed E-state index contributed by atoms with van der Waals surface area (Å²) in [5.74, 6) is 0. The second kappa shape index (κ2) is 3.67. The molecule has 1 aromatic carbocycles. The topological polar surface area (TPSA) is 30.0 Å². The Morgan fingerprint density at radius 1 is 1.36 bits per heavy atom. The monoisotopic (exact) mass is 269 g/mol. The van der Waals surface area contributed by atoms with Gasteiger partial charge in [-0.05, 0) is 18.2 Å². The van der Waals surface area contributed by atoms with Crippen LogP contribution in [0.25, 0.3) is 10.9 Å². The van der Waals surface area contributed by atoms with Gasteiger partial charge in [-0.15, -0.1) is 0 Å². The minimum Gasteiger partial charge on any atom is -0.298 e. The molecule has 2 nitrogen and oxygen atoms in total. The number of halogens is 2. The van der Waals surface area contributed by atoms with E-state index in [1.165, 1.54) is 0 Å². The molecule has 0 saturated carbocycles. The quantitative estimate of drug-likeness (QED) is 0.587. The molecule has 0 aliphatic heterocycles. The number of fused-ring (bicyclic) bond motifs is 1. The van der Waals surface area contributed by atoms with Crippen molar-refractivity contribution in [3.05, 3.63) is 39.5 Å². The fourth-order valence-corrected chi connectivity index (χ4v) is 1.75. The van der Waals surface area contributed by atoms with Gasteiger partial charge in [-0.25, -0.2) is 4.98 Å². The largest absolute Gasteiger partial charge is 0.298 e. The molecule has 0 unspecified atom stereocenters. The Kier molecular flexibility index (Phi) is 2.52. The van der Waals surface area contributed by atoms with Crippen molar-refractivity contribution in [2.45, 2.75) is 0 Å². The Labute approximate surface area is 94.0 Å². The zero-order valence-electron chi connectivity index (χ0n) is 7.00. The second-order valence-corrected chi connectivity index (χ2v) is 4.10. The molecule has 0 fully saturated rings. The highest BCUT2D eigenvalue weighted by molar-refractivity contribution is 9.10. The van der Waals surface area contributed by atoms with Crippen LogP contribution in [0.1, 0.15) is 10.4 Å². The fraction of sp³-hybridized carbons (Fsp3) is 0. The van der Waals surface area contributed by atoms with Crippen molar-refractivity contribution in [2.24, 2.45) is 0 Å². The summed E-state index contributed by atoms with van der Waals surface area (Å²) in [6.45, 7) is 0. The Hall–Kier alpha value is -0.930. The fourth-order valence-electron chi connectivity index (χ4n) is 1.22. The van der Waals surface area contributed by atoms with Crippen LogP contribution in [-0.4, -0.2) is 11.3 Å². The average molecular weight is 271 g/mol. The van der Waals surface area contributed by atoms with Crippen LogP contribution in [0.3, 0.4) is 0 Å². The van der Waals surface area contributed by atoms with Crippen LogP contribution in [0.15, 0.2) is 28.7 Å². The van der Waals surface area contributed by atoms with E-state index in [1.807, 2.05) is 18.2 Å². The molecule has 70 valence electrons. The average Bonchev–Trinajstić information content (AvgIpc) is 2.16. The molecular formula is C10H5BrClNO. The van der Waals surface area contributed by atoms with Crippen LogP contribution in [-0.2, 0) is 0 Å². The molecule has 0 N–H and O–H groups in total. The van der Waals surface area contributed by atoms with Crippen LogP contribution < -0.4 is 0 Å². The maximum Gasteiger partial charge on any atom is 0.153 e. The van der Waals surface area contributed by atoms with Gasteiger partial charge in [-0.1, -0.05) is 33.6 Å². The smallest absolute Gasteiger partial charge is 0.153 e. The molecular weight excluding hydrogens is 265 g/mol. The van der Waals surface area contributed by atoms with Crippen molar-refractivity contribution < 1.29 is 4.79 Å². The van der Waals surface area contributed by atoms with Gasteiger partial charge in [0.15, 0.2) is 6.29 Å². The molecule has 0 spiro atoms. The summed E-state index contributed by atoms with van der Waals surface area (Å²) in [4.78, 5) is 14.7. The number of aromatic nitrogens is 1. The predicted molar refractivity (Wildman–Crippen MR) is 59.8 cm³/mol. The number of rotatable bonds is 1. The van der Waals surface area contributed by atoms with E-state index in [9.17, 15) is 4.79 Å². The lowest BCUT2D eigenvalue weighted by Crippen LogP contribution is -1.87. The van der Waals surface area contributed by atoms with Crippen molar-refractivity contribution in [1.29, 1.82) is 0 Å². The minimum atomic E-state index is 0.241. The summed E-state index contributed by atoms with van der Waals surface area (Å²) in [5.41, 5.74) is 1.19. The number of pyridine rings is 1. The number of benzene rings is 1. The Bertz CT molecular complexity index is 513. The molecule has 0 aliphatic rings. The Balaban J connectivity index is 2.79. The van der Waals surface area contributed by atoms with Gasteiger partial charge < -0.3 is 0 Å². The lowest BCUT2D eigenvalue weighted by atomic mass is 10.2. The van der Waals surface area contributed by atoms with E-state index in [-0.39, 0.29) is 5.15 Å². The van der Waals surface area contributed by atoms with Crippen LogP contribution in [0.2, 0.25) is 5.15 Å². The first kappa shape index (κ1) is 9.62. The highest BCUT2D eigenvalue weighted by atomic mass is 79.9. The van der Waals surface area contributed by atoms with Crippen molar-refractivity contribution >= 4 is 44.7 Å². The van der Waals surface area contributed by atoms with Gasteiger partial charge in [0, 0.05) is 9.86 Å². The molecule has 0 bridgehead atoms. The van der Waals surface area contributed by atoms with E-state index in [0.717, 1.165) is 15.4 Å². The molecule has 2 aromatic rings. The van der Waals surface area contributed by atoms with Crippen molar-refractivity contribution in [2.75, 3.05) is 0 Å². The summed E-state index contributed by atoms with van der Waals surface area (Å²) >= 11 is 9.14. The number of hydrogen-bond donors (Lipinski definition) is 0. The summed E-state index contributed by atoms with van der Waals surface area (Å²) in [6, 6.07) is 7.36. The molecule has 0 aliphatic carbocycles. The van der Waals surface area contributed by atoms with Crippen molar-refractivity contribution in [3.8, 4) is 0 Å². The predicted octanol–water partition coefficient (Wildman–Crippen LogP) is 3.46. The standard InChI is InChI=1S/C10H5BrClNO/c11-8-2-1-6-3-7(5-14)10(12)13-9(6)4-8/h1-5H. The van der Waals surface area contributed by atoms with Crippen molar-refractivity contribution in [1.82, 2.24) is 4.98 Å². The number of hydrogen-bond acceptors (Lipinski definition) is 2. The van der Waals surface area contributed by atoms with Crippen LogP contribution >= 0.6 is 27.5 Å². The van der Waals surface area contributed by atoms with Crippen LogP contribution in [0.4, 0.5) is 0 Å². The molecule has 0 amide bonds. The van der Waals surface area contributed by atoms with E-state index in [1.54, 1.807) is 6.07 Å². The third-order valence-corrected chi connectivity index (χ3v) is 2.68. The van der Waals surface area contributed by atoms with E-state index in [0.29, 0.717) is 11.8 Å². The minimum absolute atomic E-state index is 0.241. The molecule has 4 heteroatoms. The summed E-state index contributed by atoms with van der Waals surface area (Å²) in [5, 5.41) is 1.14. The van der Waals surface area contributed by atoms with Gasteiger partial charge in [0.2, 0.25) is 0 Å². The number of carbonyl (C=O) groups is 1. The third-order valence-electron chi connectivity index (χ3n) is 1.89. The van der Waals surface area contributed by atoms with E-state index >= 15 is 0 Å². The molecule has 0 radical (unpaired) electrons. The van der Waals surface area contributed by atoms with Crippen molar-refractivity contribution in [3.63, 3.8) is 0 Å². The first-order chi connectivity index (χ1) is 6.70. The van der Waals surface area contributed by atoms with Crippen LogP contribution in [0, 0.1) is 0 Å². The Morgan fingerprint density at radius 3 is 2.86 bits per heavy atom. The van der Waals surface area contributed by atoms with Gasteiger partial charge in [0.25, 0.3) is 0 Å².